The number of nitrogens with one attached hydrogen (secondary N) is 2. The van der Waals surface area contributed by atoms with Crippen LogP contribution in [0, 0.1) is 0 Å². The zero-order valence-corrected chi connectivity index (χ0v) is 16.8. The van der Waals surface area contributed by atoms with Crippen molar-refractivity contribution in [1.82, 2.24) is 5.32 Å². The first kappa shape index (κ1) is 21.6. The molecule has 3 amide bonds. The molecule has 0 aromatic heterocycles. The lowest BCUT2D eigenvalue weighted by molar-refractivity contribution is -0.117. The van der Waals surface area contributed by atoms with Crippen LogP contribution in [0.3, 0.4) is 0 Å². The van der Waals surface area contributed by atoms with E-state index < -0.39 is 11.8 Å². The molecule has 158 valence electrons. The summed E-state index contributed by atoms with van der Waals surface area (Å²) >= 11 is 0. The summed E-state index contributed by atoms with van der Waals surface area (Å²) in [6.45, 7) is 0.561. The summed E-state index contributed by atoms with van der Waals surface area (Å²) in [5, 5.41) is 5.36. The number of carbonyl (C=O) groups excluding carboxylic acids is 3. The average Bonchev–Trinajstić information content (AvgIpc) is 2.78. The molecular formula is C24H23N3O4. The Bertz CT molecular complexity index is 1050. The van der Waals surface area contributed by atoms with E-state index >= 15 is 0 Å². The van der Waals surface area contributed by atoms with Crippen LogP contribution >= 0.6 is 0 Å². The maximum absolute atomic E-state index is 12.6. The van der Waals surface area contributed by atoms with Crippen LogP contribution in [-0.4, -0.2) is 24.3 Å². The van der Waals surface area contributed by atoms with Crippen LogP contribution in [-0.2, 0) is 11.4 Å². The minimum Gasteiger partial charge on any atom is -0.489 e. The van der Waals surface area contributed by atoms with Crippen LogP contribution in [0.4, 0.5) is 5.69 Å². The number of para-hydroxylation sites is 1. The monoisotopic (exact) mass is 417 g/mol. The molecule has 7 heteroatoms. The molecule has 31 heavy (non-hydrogen) atoms. The molecular weight excluding hydrogens is 394 g/mol. The van der Waals surface area contributed by atoms with Gasteiger partial charge in [-0.25, -0.2) is 0 Å². The first-order chi connectivity index (χ1) is 15.0. The maximum Gasteiger partial charge on any atom is 0.255 e. The molecule has 0 aliphatic heterocycles. The Balaban J connectivity index is 1.61. The highest BCUT2D eigenvalue weighted by molar-refractivity contribution is 6.09. The Morgan fingerprint density at radius 1 is 0.806 bits per heavy atom. The molecule has 0 heterocycles. The number of hydrogen-bond donors (Lipinski definition) is 3. The van der Waals surface area contributed by atoms with Crippen LogP contribution in [0.15, 0.2) is 78.9 Å². The molecule has 0 unspecified atom stereocenters. The van der Waals surface area contributed by atoms with Gasteiger partial charge >= 0.3 is 0 Å². The van der Waals surface area contributed by atoms with Crippen LogP contribution in [0.5, 0.6) is 5.75 Å². The minimum atomic E-state index is -0.502. The summed E-state index contributed by atoms with van der Waals surface area (Å²) in [6, 6.07) is 23.2. The highest BCUT2D eigenvalue weighted by Crippen LogP contribution is 2.18. The first-order valence-electron chi connectivity index (χ1n) is 9.76. The van der Waals surface area contributed by atoms with Gasteiger partial charge in [0.15, 0.2) is 0 Å². The van der Waals surface area contributed by atoms with Gasteiger partial charge in [0, 0.05) is 18.5 Å². The number of rotatable bonds is 9. The number of primary amides is 1. The fourth-order valence-corrected chi connectivity index (χ4v) is 2.82. The molecule has 3 rings (SSSR count). The molecule has 0 radical (unpaired) electrons. The van der Waals surface area contributed by atoms with Gasteiger partial charge in [0.25, 0.3) is 11.8 Å². The average molecular weight is 417 g/mol. The zero-order chi connectivity index (χ0) is 22.1. The molecule has 0 fully saturated rings. The fourth-order valence-electron chi connectivity index (χ4n) is 2.82. The second kappa shape index (κ2) is 10.6. The second-order valence-corrected chi connectivity index (χ2v) is 6.77. The van der Waals surface area contributed by atoms with E-state index in [0.29, 0.717) is 29.2 Å². The predicted molar refractivity (Wildman–Crippen MR) is 118 cm³/mol. The van der Waals surface area contributed by atoms with Gasteiger partial charge in [0.2, 0.25) is 5.91 Å². The highest BCUT2D eigenvalue weighted by Gasteiger charge is 2.14. The van der Waals surface area contributed by atoms with Crippen LogP contribution in [0.2, 0.25) is 0 Å². The van der Waals surface area contributed by atoms with Gasteiger partial charge < -0.3 is 21.1 Å². The second-order valence-electron chi connectivity index (χ2n) is 6.77. The van der Waals surface area contributed by atoms with Crippen molar-refractivity contribution in [3.05, 3.63) is 95.6 Å². The van der Waals surface area contributed by atoms with Crippen molar-refractivity contribution in [2.24, 2.45) is 5.73 Å². The lowest BCUT2D eigenvalue weighted by Gasteiger charge is -2.12. The van der Waals surface area contributed by atoms with Gasteiger partial charge in [-0.3, -0.25) is 14.4 Å². The smallest absolute Gasteiger partial charge is 0.255 e. The van der Waals surface area contributed by atoms with Gasteiger partial charge in [0.1, 0.15) is 12.4 Å². The standard InChI is InChI=1S/C24H23N3O4/c25-22(28)14-15-26-24(30)20-8-4-5-9-21(20)27-23(29)18-10-12-19(13-11-18)31-16-17-6-2-1-3-7-17/h1-13H,14-16H2,(H2,25,28)(H,26,30)(H,27,29). The van der Waals surface area contributed by atoms with Crippen molar-refractivity contribution in [2.75, 3.05) is 11.9 Å². The van der Waals surface area contributed by atoms with E-state index in [1.54, 1.807) is 48.5 Å². The molecule has 0 saturated carbocycles. The number of anilines is 1. The van der Waals surface area contributed by atoms with Gasteiger partial charge in [-0.1, -0.05) is 42.5 Å². The van der Waals surface area contributed by atoms with Crippen molar-refractivity contribution < 1.29 is 19.1 Å². The molecule has 0 spiro atoms. The first-order valence-corrected chi connectivity index (χ1v) is 9.76. The lowest BCUT2D eigenvalue weighted by atomic mass is 10.1. The largest absolute Gasteiger partial charge is 0.489 e. The minimum absolute atomic E-state index is 0.0406. The van der Waals surface area contributed by atoms with Crippen LogP contribution in [0.1, 0.15) is 32.7 Å². The number of ether oxygens (including phenoxy) is 1. The summed E-state index contributed by atoms with van der Waals surface area (Å²) in [5.41, 5.74) is 7.22. The Hall–Kier alpha value is -4.13. The van der Waals surface area contributed by atoms with Crippen LogP contribution in [0.25, 0.3) is 0 Å². The van der Waals surface area contributed by atoms with E-state index in [9.17, 15) is 14.4 Å². The third kappa shape index (κ3) is 6.43. The molecule has 3 aromatic rings. The Kier molecular flexibility index (Phi) is 7.37. The maximum atomic E-state index is 12.6. The van der Waals surface area contributed by atoms with Crippen molar-refractivity contribution in [3.63, 3.8) is 0 Å². The number of amides is 3. The summed E-state index contributed by atoms with van der Waals surface area (Å²) in [4.78, 5) is 35.8. The molecule has 0 saturated heterocycles. The number of carbonyl (C=O) groups is 3. The van der Waals surface area contributed by atoms with E-state index in [4.69, 9.17) is 10.5 Å². The normalized spacial score (nSPS) is 10.2. The summed E-state index contributed by atoms with van der Waals surface area (Å²) < 4.78 is 5.73. The van der Waals surface area contributed by atoms with E-state index in [0.717, 1.165) is 5.56 Å². The van der Waals surface area contributed by atoms with Gasteiger partial charge in [-0.05, 0) is 42.0 Å². The molecule has 0 atom stereocenters. The molecule has 7 nitrogen and oxygen atoms in total. The van der Waals surface area contributed by atoms with E-state index in [1.807, 2.05) is 30.3 Å². The van der Waals surface area contributed by atoms with E-state index in [-0.39, 0.29) is 18.9 Å². The van der Waals surface area contributed by atoms with Crippen molar-refractivity contribution in [1.29, 1.82) is 0 Å². The van der Waals surface area contributed by atoms with Crippen molar-refractivity contribution in [2.45, 2.75) is 13.0 Å². The molecule has 0 aliphatic carbocycles. The van der Waals surface area contributed by atoms with Gasteiger partial charge in [-0.2, -0.15) is 0 Å². The van der Waals surface area contributed by atoms with Crippen LogP contribution < -0.4 is 21.1 Å². The molecule has 0 bridgehead atoms. The Morgan fingerprint density at radius 2 is 1.48 bits per heavy atom. The number of nitrogens with two attached hydrogens (primary N) is 1. The number of benzene rings is 3. The summed E-state index contributed by atoms with van der Waals surface area (Å²) in [5.74, 6) is -0.610. The SMILES string of the molecule is NC(=O)CCNC(=O)c1ccccc1NC(=O)c1ccc(OCc2ccccc2)cc1. The third-order valence-electron chi connectivity index (χ3n) is 4.44. The topological polar surface area (TPSA) is 111 Å². The Labute approximate surface area is 180 Å². The highest BCUT2D eigenvalue weighted by atomic mass is 16.5. The van der Waals surface area contributed by atoms with E-state index in [2.05, 4.69) is 10.6 Å². The van der Waals surface area contributed by atoms with Gasteiger partial charge in [0.05, 0.1) is 11.3 Å². The molecule has 4 N–H and O–H groups in total. The predicted octanol–water partition coefficient (Wildman–Crippen LogP) is 3.12. The molecule has 3 aromatic carbocycles. The number of hydrogen-bond acceptors (Lipinski definition) is 4. The zero-order valence-electron chi connectivity index (χ0n) is 16.8. The third-order valence-corrected chi connectivity index (χ3v) is 4.44. The lowest BCUT2D eigenvalue weighted by Crippen LogP contribution is -2.28. The van der Waals surface area contributed by atoms with E-state index in [1.165, 1.54) is 0 Å². The Morgan fingerprint density at radius 3 is 2.19 bits per heavy atom. The summed E-state index contributed by atoms with van der Waals surface area (Å²) in [7, 11) is 0. The van der Waals surface area contributed by atoms with Crippen molar-refractivity contribution in [3.8, 4) is 5.75 Å². The quantitative estimate of drug-likeness (QED) is 0.497. The molecule has 0 aliphatic rings. The summed E-state index contributed by atoms with van der Waals surface area (Å²) in [6.07, 6.45) is 0.0406. The fraction of sp³-hybridized carbons (Fsp3) is 0.125. The van der Waals surface area contributed by atoms with Gasteiger partial charge in [-0.15, -0.1) is 0 Å². The van der Waals surface area contributed by atoms with Crippen molar-refractivity contribution >= 4 is 23.4 Å².